The maximum atomic E-state index is 14.0. The van der Waals surface area contributed by atoms with Gasteiger partial charge in [0.05, 0.1) is 45.1 Å². The van der Waals surface area contributed by atoms with Gasteiger partial charge in [0.2, 0.25) is 5.91 Å². The van der Waals surface area contributed by atoms with Crippen LogP contribution in [0, 0.1) is 0 Å². The summed E-state index contributed by atoms with van der Waals surface area (Å²) >= 11 is 0. The molecule has 0 spiro atoms. The average molecular weight is 649 g/mol. The van der Waals surface area contributed by atoms with Crippen LogP contribution in [0.25, 0.3) is 0 Å². The first kappa shape index (κ1) is 33.8. The van der Waals surface area contributed by atoms with E-state index < -0.39 is 36.4 Å². The van der Waals surface area contributed by atoms with Crippen LogP contribution in [-0.4, -0.2) is 88.6 Å². The Bertz CT molecular complexity index is 1420. The molecule has 2 heterocycles. The minimum Gasteiger partial charge on any atom is -0.453 e. The number of amides is 3. The summed E-state index contributed by atoms with van der Waals surface area (Å²) in [6, 6.07) is 24.8. The molecule has 47 heavy (non-hydrogen) atoms. The Hall–Kier alpha value is -4.52. The van der Waals surface area contributed by atoms with E-state index in [-0.39, 0.29) is 37.9 Å². The summed E-state index contributed by atoms with van der Waals surface area (Å²) in [5.74, 6) is -0.865. The predicted octanol–water partition coefficient (Wildman–Crippen LogP) is 3.93. The second kappa shape index (κ2) is 16.9. The molecule has 4 N–H and O–H groups in total. The van der Waals surface area contributed by atoms with Crippen molar-refractivity contribution >= 4 is 23.8 Å². The highest BCUT2D eigenvalue weighted by atomic mass is 19.1. The van der Waals surface area contributed by atoms with Gasteiger partial charge in [-0.15, -0.1) is 0 Å². The lowest BCUT2D eigenvalue weighted by Gasteiger charge is -2.30. The van der Waals surface area contributed by atoms with Crippen molar-refractivity contribution in [1.82, 2.24) is 16.0 Å². The molecule has 3 amide bonds. The highest BCUT2D eigenvalue weighted by molar-refractivity contribution is 5.98. The zero-order valence-electron chi connectivity index (χ0n) is 26.2. The van der Waals surface area contributed by atoms with Crippen LogP contribution in [0.4, 0.5) is 19.7 Å². The fourth-order valence-corrected chi connectivity index (χ4v) is 5.76. The van der Waals surface area contributed by atoms with E-state index in [0.29, 0.717) is 31.7 Å². The number of hydrogen-bond acceptors (Lipinski definition) is 8. The monoisotopic (exact) mass is 648 g/mol. The quantitative estimate of drug-likeness (QED) is 0.232. The molecule has 0 aromatic heterocycles. The molecule has 12 heteroatoms. The van der Waals surface area contributed by atoms with E-state index in [1.165, 1.54) is 7.11 Å². The van der Waals surface area contributed by atoms with Crippen LogP contribution < -0.4 is 21.3 Å². The number of carbonyl (C=O) groups excluding carboxylic acids is 3. The summed E-state index contributed by atoms with van der Waals surface area (Å²) in [6.45, 7) is 1.08. The van der Waals surface area contributed by atoms with Gasteiger partial charge in [-0.2, -0.15) is 0 Å². The van der Waals surface area contributed by atoms with Crippen molar-refractivity contribution in [3.05, 3.63) is 102 Å². The first-order chi connectivity index (χ1) is 22.9. The summed E-state index contributed by atoms with van der Waals surface area (Å²) in [4.78, 5) is 38.5. The number of alkyl halides is 1. The summed E-state index contributed by atoms with van der Waals surface area (Å²) < 4.78 is 34.8. The van der Waals surface area contributed by atoms with Gasteiger partial charge < -0.3 is 40.2 Å². The normalized spacial score (nSPS) is 21.4. The lowest BCUT2D eigenvalue weighted by molar-refractivity contribution is -0.118. The summed E-state index contributed by atoms with van der Waals surface area (Å²) in [5, 5.41) is 11.7. The minimum absolute atomic E-state index is 0.0305. The molecular weight excluding hydrogens is 607 g/mol. The molecule has 1 unspecified atom stereocenters. The van der Waals surface area contributed by atoms with Gasteiger partial charge in [0.15, 0.2) is 0 Å². The number of para-hydroxylation sites is 1. The van der Waals surface area contributed by atoms with Gasteiger partial charge in [-0.25, -0.2) is 14.0 Å². The molecule has 250 valence electrons. The van der Waals surface area contributed by atoms with E-state index in [1.807, 2.05) is 84.9 Å². The Balaban J connectivity index is 1.18. The number of benzene rings is 3. The van der Waals surface area contributed by atoms with Gasteiger partial charge in [0.1, 0.15) is 18.8 Å². The third kappa shape index (κ3) is 9.50. The van der Waals surface area contributed by atoms with Crippen molar-refractivity contribution in [2.24, 2.45) is 0 Å². The number of methoxy groups -OCH3 is 1. The molecule has 0 saturated carbocycles. The van der Waals surface area contributed by atoms with E-state index in [1.54, 1.807) is 0 Å². The lowest BCUT2D eigenvalue weighted by atomic mass is 9.84. The fourth-order valence-electron chi connectivity index (χ4n) is 5.76. The van der Waals surface area contributed by atoms with Crippen LogP contribution in [0.15, 0.2) is 84.9 Å². The van der Waals surface area contributed by atoms with Crippen molar-refractivity contribution in [3.63, 3.8) is 0 Å². The van der Waals surface area contributed by atoms with E-state index in [2.05, 4.69) is 21.3 Å². The maximum Gasteiger partial charge on any atom is 0.407 e. The second-order valence-corrected chi connectivity index (χ2v) is 11.6. The van der Waals surface area contributed by atoms with Crippen LogP contribution in [0.3, 0.4) is 0 Å². The SMILES string of the molecule is COC(=O)N[C@H](C(=O)Nc1ccccc1CC[C@@H]1CN[C@H](COC(=O)NC2COC[C@@H]2F)CO1)C(c1ccccc1)c1ccccc1. The molecule has 5 rings (SSSR count). The summed E-state index contributed by atoms with van der Waals surface area (Å²) in [6.07, 6.45) is -1.44. The Kier molecular flexibility index (Phi) is 12.1. The van der Waals surface area contributed by atoms with Crippen LogP contribution in [0.5, 0.6) is 0 Å². The average Bonchev–Trinajstić information content (AvgIpc) is 3.51. The number of alkyl carbamates (subject to hydrolysis) is 2. The van der Waals surface area contributed by atoms with E-state index in [0.717, 1.165) is 16.7 Å². The molecule has 11 nitrogen and oxygen atoms in total. The zero-order chi connectivity index (χ0) is 33.0. The van der Waals surface area contributed by atoms with Crippen molar-refractivity contribution in [3.8, 4) is 0 Å². The third-order valence-corrected chi connectivity index (χ3v) is 8.30. The first-order valence-corrected chi connectivity index (χ1v) is 15.7. The van der Waals surface area contributed by atoms with E-state index >= 15 is 0 Å². The van der Waals surface area contributed by atoms with Gasteiger partial charge in [-0.05, 0) is 35.6 Å². The van der Waals surface area contributed by atoms with Gasteiger partial charge in [-0.1, -0.05) is 78.9 Å². The van der Waals surface area contributed by atoms with Crippen molar-refractivity contribution < 1.29 is 37.7 Å². The van der Waals surface area contributed by atoms with E-state index in [9.17, 15) is 18.8 Å². The van der Waals surface area contributed by atoms with Crippen LogP contribution in [0.1, 0.15) is 29.0 Å². The highest BCUT2D eigenvalue weighted by Crippen LogP contribution is 2.30. The Morgan fingerprint density at radius 3 is 2.21 bits per heavy atom. The standard InChI is InChI=1S/C35H41FN4O7/c1-44-34(42)40-32(31(24-11-4-2-5-12-24)25-13-6-3-7-14-25)33(41)38-29-15-9-8-10-23(29)16-17-27-18-37-26(19-46-27)20-47-35(43)39-30-22-45-21-28(30)36/h2-15,26-28,30-32,37H,16-22H2,1H3,(H,38,41)(H,39,43)(H,40,42)/t26-,27+,28-,30?,32-/m0/s1. The smallest absolute Gasteiger partial charge is 0.407 e. The topological polar surface area (TPSA) is 136 Å². The van der Waals surface area contributed by atoms with Gasteiger partial charge >= 0.3 is 12.2 Å². The number of morpholine rings is 1. The number of halogens is 1. The van der Waals surface area contributed by atoms with Gasteiger partial charge in [-0.3, -0.25) is 4.79 Å². The largest absolute Gasteiger partial charge is 0.453 e. The molecule has 3 aromatic carbocycles. The van der Waals surface area contributed by atoms with Crippen LogP contribution in [0.2, 0.25) is 0 Å². The molecule has 0 radical (unpaired) electrons. The second-order valence-electron chi connectivity index (χ2n) is 11.6. The Morgan fingerprint density at radius 1 is 0.915 bits per heavy atom. The Labute approximate surface area is 273 Å². The zero-order valence-corrected chi connectivity index (χ0v) is 26.2. The predicted molar refractivity (Wildman–Crippen MR) is 173 cm³/mol. The molecule has 2 fully saturated rings. The molecule has 2 aliphatic rings. The third-order valence-electron chi connectivity index (χ3n) is 8.30. The molecule has 2 aliphatic heterocycles. The van der Waals surface area contributed by atoms with Crippen LogP contribution >= 0.6 is 0 Å². The fraction of sp³-hybridized carbons (Fsp3) is 0.400. The number of nitrogens with one attached hydrogen (secondary N) is 4. The molecule has 0 bridgehead atoms. The molecule has 2 saturated heterocycles. The maximum absolute atomic E-state index is 14.0. The number of anilines is 1. The van der Waals surface area contributed by atoms with Gasteiger partial charge in [0, 0.05) is 18.2 Å². The minimum atomic E-state index is -1.24. The Morgan fingerprint density at radius 2 is 1.60 bits per heavy atom. The molecule has 5 atom stereocenters. The number of carbonyl (C=O) groups is 3. The van der Waals surface area contributed by atoms with Gasteiger partial charge in [0.25, 0.3) is 0 Å². The molecule has 0 aliphatic carbocycles. The van der Waals surface area contributed by atoms with Crippen molar-refractivity contribution in [2.75, 3.05) is 45.4 Å². The summed E-state index contributed by atoms with van der Waals surface area (Å²) in [7, 11) is 1.27. The number of ether oxygens (including phenoxy) is 4. The van der Waals surface area contributed by atoms with Crippen molar-refractivity contribution in [2.45, 2.75) is 49.2 Å². The molecular formula is C35H41FN4O7. The van der Waals surface area contributed by atoms with E-state index in [4.69, 9.17) is 18.9 Å². The number of hydrogen-bond donors (Lipinski definition) is 4. The highest BCUT2D eigenvalue weighted by Gasteiger charge is 2.34. The molecule has 3 aromatic rings. The lowest BCUT2D eigenvalue weighted by Crippen LogP contribution is -2.50. The number of aryl methyl sites for hydroxylation is 1. The summed E-state index contributed by atoms with van der Waals surface area (Å²) in [5.41, 5.74) is 3.29. The number of rotatable bonds is 12. The van der Waals surface area contributed by atoms with Crippen LogP contribution in [-0.2, 0) is 30.2 Å². The van der Waals surface area contributed by atoms with Crippen molar-refractivity contribution in [1.29, 1.82) is 0 Å². The first-order valence-electron chi connectivity index (χ1n) is 15.7.